The summed E-state index contributed by atoms with van der Waals surface area (Å²) in [6.45, 7) is 0.772. The van der Waals surface area contributed by atoms with Crippen molar-refractivity contribution in [2.45, 2.75) is 23.3 Å². The van der Waals surface area contributed by atoms with E-state index in [4.69, 9.17) is 5.73 Å². The summed E-state index contributed by atoms with van der Waals surface area (Å²) in [6.07, 6.45) is 2.21. The zero-order chi connectivity index (χ0) is 10.6. The molecule has 2 N–H and O–H groups in total. The average Bonchev–Trinajstić information content (AvgIpc) is 2.87. The number of thioether (sulfide) groups is 1. The molecule has 0 aliphatic carbocycles. The molecular weight excluding hydrogens is 212 g/mol. The lowest BCUT2D eigenvalue weighted by molar-refractivity contribution is -0.139. The Kier molecular flexibility index (Phi) is 2.07. The maximum absolute atomic E-state index is 12.0. The molecule has 5 heteroatoms. The van der Waals surface area contributed by atoms with Gasteiger partial charge >= 0.3 is 0 Å². The molecule has 2 amide bonds. The molecule has 3 heterocycles. The first-order valence-corrected chi connectivity index (χ1v) is 6.39. The van der Waals surface area contributed by atoms with Crippen molar-refractivity contribution in [1.29, 1.82) is 0 Å². The first-order valence-electron chi connectivity index (χ1n) is 5.45. The summed E-state index contributed by atoms with van der Waals surface area (Å²) in [5.41, 5.74) is 5.42. The molecule has 0 aromatic rings. The van der Waals surface area contributed by atoms with Crippen LogP contribution in [0.3, 0.4) is 0 Å². The second-order valence-electron chi connectivity index (χ2n) is 4.46. The van der Waals surface area contributed by atoms with Crippen molar-refractivity contribution in [3.8, 4) is 0 Å². The lowest BCUT2D eigenvalue weighted by Gasteiger charge is -2.17. The number of rotatable bonds is 2. The molecule has 82 valence electrons. The van der Waals surface area contributed by atoms with E-state index in [-0.39, 0.29) is 23.7 Å². The summed E-state index contributed by atoms with van der Waals surface area (Å²) in [7, 11) is 0. The summed E-state index contributed by atoms with van der Waals surface area (Å²) in [5.74, 6) is 0.0332. The Balaban J connectivity index is 1.90. The number of nitrogens with two attached hydrogens (primary N) is 1. The largest absolute Gasteiger partial charge is 0.329 e. The number of likely N-dealkylation sites (tertiary alicyclic amines) is 1. The molecule has 3 fully saturated rings. The third kappa shape index (κ3) is 1.13. The Morgan fingerprint density at radius 2 is 1.73 bits per heavy atom. The van der Waals surface area contributed by atoms with Gasteiger partial charge in [-0.25, -0.2) is 0 Å². The number of imide groups is 1. The van der Waals surface area contributed by atoms with E-state index in [2.05, 4.69) is 0 Å². The van der Waals surface area contributed by atoms with E-state index in [1.54, 1.807) is 0 Å². The predicted molar refractivity (Wildman–Crippen MR) is 57.2 cm³/mol. The fourth-order valence-electron chi connectivity index (χ4n) is 3.12. The first kappa shape index (κ1) is 9.66. The molecule has 15 heavy (non-hydrogen) atoms. The molecule has 0 spiro atoms. The van der Waals surface area contributed by atoms with Gasteiger partial charge in [-0.3, -0.25) is 14.5 Å². The van der Waals surface area contributed by atoms with Crippen LogP contribution in [-0.2, 0) is 9.59 Å². The third-order valence-electron chi connectivity index (χ3n) is 3.73. The van der Waals surface area contributed by atoms with Crippen LogP contribution < -0.4 is 5.73 Å². The molecule has 4 nitrogen and oxygen atoms in total. The maximum atomic E-state index is 12.0. The van der Waals surface area contributed by atoms with Gasteiger partial charge in [0, 0.05) is 23.6 Å². The minimum Gasteiger partial charge on any atom is -0.329 e. The van der Waals surface area contributed by atoms with Crippen molar-refractivity contribution in [1.82, 2.24) is 4.90 Å². The van der Waals surface area contributed by atoms with Gasteiger partial charge < -0.3 is 5.73 Å². The highest BCUT2D eigenvalue weighted by Gasteiger charge is 2.61. The molecule has 3 rings (SSSR count). The Morgan fingerprint density at radius 3 is 2.20 bits per heavy atom. The molecule has 2 bridgehead atoms. The zero-order valence-electron chi connectivity index (χ0n) is 8.39. The van der Waals surface area contributed by atoms with E-state index < -0.39 is 0 Å². The molecule has 4 atom stereocenters. The fourth-order valence-corrected chi connectivity index (χ4v) is 5.03. The van der Waals surface area contributed by atoms with E-state index in [0.29, 0.717) is 23.6 Å². The molecule has 0 aromatic carbocycles. The van der Waals surface area contributed by atoms with E-state index >= 15 is 0 Å². The molecular formula is C10H14N2O2S. The van der Waals surface area contributed by atoms with Crippen LogP contribution in [0.15, 0.2) is 0 Å². The quantitative estimate of drug-likeness (QED) is 0.664. The number of fused-ring (bicyclic) bond motifs is 5. The minimum atomic E-state index is -0.0206. The van der Waals surface area contributed by atoms with E-state index in [9.17, 15) is 9.59 Å². The second kappa shape index (κ2) is 3.22. The van der Waals surface area contributed by atoms with Crippen LogP contribution in [0.1, 0.15) is 12.8 Å². The van der Waals surface area contributed by atoms with E-state index in [0.717, 1.165) is 12.8 Å². The van der Waals surface area contributed by atoms with Crippen LogP contribution in [0.5, 0.6) is 0 Å². The summed E-state index contributed by atoms with van der Waals surface area (Å²) in [5, 5.41) is 0.804. The molecule has 3 saturated heterocycles. The topological polar surface area (TPSA) is 63.4 Å². The summed E-state index contributed by atoms with van der Waals surface area (Å²) in [4.78, 5) is 25.4. The highest BCUT2D eigenvalue weighted by Crippen LogP contribution is 2.56. The number of hydrogen-bond donors (Lipinski definition) is 1. The lowest BCUT2D eigenvalue weighted by atomic mass is 9.81. The second-order valence-corrected chi connectivity index (χ2v) is 5.94. The highest BCUT2D eigenvalue weighted by molar-refractivity contribution is 8.01. The van der Waals surface area contributed by atoms with Gasteiger partial charge in [-0.15, -0.1) is 0 Å². The van der Waals surface area contributed by atoms with Gasteiger partial charge in [0.2, 0.25) is 11.8 Å². The Morgan fingerprint density at radius 1 is 1.20 bits per heavy atom. The normalized spacial score (nSPS) is 42.9. The third-order valence-corrected chi connectivity index (χ3v) is 5.49. The van der Waals surface area contributed by atoms with Crippen molar-refractivity contribution in [3.63, 3.8) is 0 Å². The molecule has 0 radical (unpaired) electrons. The molecule has 3 aliphatic heterocycles. The molecule has 0 saturated carbocycles. The summed E-state index contributed by atoms with van der Waals surface area (Å²) in [6, 6.07) is 0. The monoisotopic (exact) mass is 226 g/mol. The van der Waals surface area contributed by atoms with E-state index in [1.807, 2.05) is 11.8 Å². The number of nitrogens with zero attached hydrogens (tertiary/aromatic N) is 1. The standard InChI is InChI=1S/C10H14N2O2S/c11-3-4-12-9(13)7-5-1-2-6(15-5)8(7)10(12)14/h5-8H,1-4,11H2. The maximum Gasteiger partial charge on any atom is 0.234 e. The number of amides is 2. The molecule has 0 aromatic heterocycles. The number of carbonyl (C=O) groups is 2. The average molecular weight is 226 g/mol. The van der Waals surface area contributed by atoms with Crippen molar-refractivity contribution >= 4 is 23.6 Å². The van der Waals surface area contributed by atoms with Crippen LogP contribution in [-0.4, -0.2) is 40.3 Å². The SMILES string of the molecule is NCCN1C(=O)C2C3CCC(S3)C2C1=O. The van der Waals surface area contributed by atoms with Crippen LogP contribution >= 0.6 is 11.8 Å². The van der Waals surface area contributed by atoms with Gasteiger partial charge in [0.1, 0.15) is 0 Å². The van der Waals surface area contributed by atoms with Gasteiger partial charge in [-0.1, -0.05) is 0 Å². The van der Waals surface area contributed by atoms with Gasteiger partial charge in [0.25, 0.3) is 0 Å². The fraction of sp³-hybridized carbons (Fsp3) is 0.800. The predicted octanol–water partition coefficient (Wildman–Crippen LogP) is -0.176. The van der Waals surface area contributed by atoms with Gasteiger partial charge in [0.05, 0.1) is 11.8 Å². The van der Waals surface area contributed by atoms with Gasteiger partial charge in [0.15, 0.2) is 0 Å². The molecule has 4 unspecified atom stereocenters. The van der Waals surface area contributed by atoms with E-state index in [1.165, 1.54) is 4.90 Å². The first-order chi connectivity index (χ1) is 7.24. The van der Waals surface area contributed by atoms with Crippen molar-refractivity contribution in [2.75, 3.05) is 13.1 Å². The van der Waals surface area contributed by atoms with Crippen LogP contribution in [0.4, 0.5) is 0 Å². The van der Waals surface area contributed by atoms with Gasteiger partial charge in [-0.2, -0.15) is 11.8 Å². The van der Waals surface area contributed by atoms with Crippen LogP contribution in [0, 0.1) is 11.8 Å². The number of hydrogen-bond acceptors (Lipinski definition) is 4. The summed E-state index contributed by atoms with van der Waals surface area (Å²) < 4.78 is 0. The number of carbonyl (C=O) groups excluding carboxylic acids is 2. The van der Waals surface area contributed by atoms with Crippen LogP contribution in [0.25, 0.3) is 0 Å². The smallest absolute Gasteiger partial charge is 0.234 e. The zero-order valence-corrected chi connectivity index (χ0v) is 9.20. The Hall–Kier alpha value is -0.550. The summed E-state index contributed by atoms with van der Waals surface area (Å²) >= 11 is 1.85. The minimum absolute atomic E-state index is 0.0206. The lowest BCUT2D eigenvalue weighted by Crippen LogP contribution is -2.37. The molecule has 3 aliphatic rings. The Labute approximate surface area is 92.6 Å². The van der Waals surface area contributed by atoms with Crippen LogP contribution in [0.2, 0.25) is 0 Å². The van der Waals surface area contributed by atoms with Gasteiger partial charge in [-0.05, 0) is 12.8 Å². The highest BCUT2D eigenvalue weighted by atomic mass is 32.2. The van der Waals surface area contributed by atoms with Crippen molar-refractivity contribution in [2.24, 2.45) is 17.6 Å². The van der Waals surface area contributed by atoms with Crippen molar-refractivity contribution < 1.29 is 9.59 Å². The van der Waals surface area contributed by atoms with Crippen molar-refractivity contribution in [3.05, 3.63) is 0 Å². The Bertz CT molecular complexity index is 305.